The topological polar surface area (TPSA) is 54.7 Å². The van der Waals surface area contributed by atoms with Gasteiger partial charge in [0.2, 0.25) is 0 Å². The second kappa shape index (κ2) is 4.31. The number of benzene rings is 1. The third kappa shape index (κ3) is 1.85. The van der Waals surface area contributed by atoms with Crippen LogP contribution in [-0.2, 0) is 6.54 Å². The van der Waals surface area contributed by atoms with Crippen molar-refractivity contribution in [1.82, 2.24) is 9.97 Å². The van der Waals surface area contributed by atoms with Gasteiger partial charge in [0.05, 0.1) is 4.47 Å². The summed E-state index contributed by atoms with van der Waals surface area (Å²) >= 11 is 2.99. The summed E-state index contributed by atoms with van der Waals surface area (Å²) in [5.41, 5.74) is 6.60. The van der Waals surface area contributed by atoms with Crippen LogP contribution in [0.5, 0.6) is 0 Å². The number of halogens is 3. The average Bonchev–Trinajstić information content (AvgIpc) is 2.74. The highest BCUT2D eigenvalue weighted by Crippen LogP contribution is 2.29. The van der Waals surface area contributed by atoms with E-state index >= 15 is 0 Å². The molecule has 2 aromatic rings. The summed E-state index contributed by atoms with van der Waals surface area (Å²) in [7, 11) is 0. The van der Waals surface area contributed by atoms with Gasteiger partial charge in [0.25, 0.3) is 0 Å². The molecule has 0 unspecified atom stereocenters. The molecule has 6 heteroatoms. The first-order chi connectivity index (χ1) is 7.63. The SMILES string of the molecule is NCc1cnc(-c2ccc(F)c(F)c2Br)[nH]1. The van der Waals surface area contributed by atoms with Gasteiger partial charge in [-0.1, -0.05) is 0 Å². The summed E-state index contributed by atoms with van der Waals surface area (Å²) in [5.74, 6) is -1.38. The predicted octanol–water partition coefficient (Wildman–Crippen LogP) is 2.58. The molecule has 0 aliphatic rings. The normalized spacial score (nSPS) is 10.8. The van der Waals surface area contributed by atoms with Gasteiger partial charge in [-0.3, -0.25) is 0 Å². The van der Waals surface area contributed by atoms with Gasteiger partial charge in [-0.15, -0.1) is 0 Å². The second-order valence-corrected chi connectivity index (χ2v) is 3.98. The van der Waals surface area contributed by atoms with Crippen LogP contribution in [-0.4, -0.2) is 9.97 Å². The van der Waals surface area contributed by atoms with Gasteiger partial charge < -0.3 is 10.7 Å². The molecule has 0 saturated heterocycles. The van der Waals surface area contributed by atoms with E-state index < -0.39 is 11.6 Å². The van der Waals surface area contributed by atoms with E-state index in [1.54, 1.807) is 6.20 Å². The van der Waals surface area contributed by atoms with Crippen LogP contribution in [0.2, 0.25) is 0 Å². The predicted molar refractivity (Wildman–Crippen MR) is 59.5 cm³/mol. The van der Waals surface area contributed by atoms with Gasteiger partial charge in [0.1, 0.15) is 5.82 Å². The third-order valence-corrected chi connectivity index (χ3v) is 2.91. The number of imidazole rings is 1. The number of hydrogen-bond donors (Lipinski definition) is 2. The van der Waals surface area contributed by atoms with Gasteiger partial charge in [0, 0.05) is 24.0 Å². The zero-order chi connectivity index (χ0) is 11.7. The first kappa shape index (κ1) is 11.2. The minimum Gasteiger partial charge on any atom is -0.341 e. The first-order valence-electron chi connectivity index (χ1n) is 4.51. The molecule has 0 saturated carbocycles. The molecule has 3 nitrogen and oxygen atoms in total. The lowest BCUT2D eigenvalue weighted by molar-refractivity contribution is 0.504. The fraction of sp³-hybridized carbons (Fsp3) is 0.100. The molecular weight excluding hydrogens is 280 g/mol. The quantitative estimate of drug-likeness (QED) is 0.834. The Bertz CT molecular complexity index is 525. The number of hydrogen-bond acceptors (Lipinski definition) is 2. The molecule has 1 heterocycles. The Morgan fingerprint density at radius 1 is 1.38 bits per heavy atom. The molecule has 1 aromatic heterocycles. The van der Waals surface area contributed by atoms with Crippen LogP contribution in [0.1, 0.15) is 5.69 Å². The minimum atomic E-state index is -0.928. The molecule has 0 amide bonds. The van der Waals surface area contributed by atoms with E-state index in [0.29, 0.717) is 17.9 Å². The van der Waals surface area contributed by atoms with Crippen LogP contribution < -0.4 is 5.73 Å². The van der Waals surface area contributed by atoms with Gasteiger partial charge >= 0.3 is 0 Å². The van der Waals surface area contributed by atoms with E-state index in [-0.39, 0.29) is 4.47 Å². The monoisotopic (exact) mass is 287 g/mol. The summed E-state index contributed by atoms with van der Waals surface area (Å²) in [6.45, 7) is 0.314. The number of nitrogens with two attached hydrogens (primary N) is 1. The Balaban J connectivity index is 2.52. The van der Waals surface area contributed by atoms with Crippen molar-refractivity contribution < 1.29 is 8.78 Å². The number of aromatic amines is 1. The molecule has 0 aliphatic carbocycles. The fourth-order valence-corrected chi connectivity index (χ4v) is 1.82. The molecule has 0 radical (unpaired) electrons. The maximum absolute atomic E-state index is 13.3. The highest BCUT2D eigenvalue weighted by Gasteiger charge is 2.14. The van der Waals surface area contributed by atoms with Crippen molar-refractivity contribution in [2.45, 2.75) is 6.54 Å². The summed E-state index contributed by atoms with van der Waals surface area (Å²) < 4.78 is 26.2. The summed E-state index contributed by atoms with van der Waals surface area (Å²) in [6.07, 6.45) is 1.56. The van der Waals surface area contributed by atoms with Crippen molar-refractivity contribution in [1.29, 1.82) is 0 Å². The largest absolute Gasteiger partial charge is 0.341 e. The van der Waals surface area contributed by atoms with Crippen LogP contribution in [0.25, 0.3) is 11.4 Å². The molecular formula is C10H8BrF2N3. The number of aromatic nitrogens is 2. The van der Waals surface area contributed by atoms with Crippen molar-refractivity contribution in [2.75, 3.05) is 0 Å². The lowest BCUT2D eigenvalue weighted by atomic mass is 10.2. The summed E-state index contributed by atoms with van der Waals surface area (Å²) in [4.78, 5) is 6.95. The van der Waals surface area contributed by atoms with Crippen LogP contribution in [0.4, 0.5) is 8.78 Å². The average molecular weight is 288 g/mol. The van der Waals surface area contributed by atoms with E-state index in [1.807, 2.05) is 0 Å². The standard InChI is InChI=1S/C10H8BrF2N3/c11-8-6(1-2-7(12)9(8)13)10-15-4-5(3-14)16-10/h1-2,4H,3,14H2,(H,15,16). The molecule has 0 spiro atoms. The highest BCUT2D eigenvalue weighted by molar-refractivity contribution is 9.10. The molecule has 0 atom stereocenters. The van der Waals surface area contributed by atoms with Crippen molar-refractivity contribution in [2.24, 2.45) is 5.73 Å². The van der Waals surface area contributed by atoms with Gasteiger partial charge in [-0.25, -0.2) is 13.8 Å². The van der Waals surface area contributed by atoms with Gasteiger partial charge in [0.15, 0.2) is 11.6 Å². The molecule has 16 heavy (non-hydrogen) atoms. The zero-order valence-corrected chi connectivity index (χ0v) is 9.68. The fourth-order valence-electron chi connectivity index (χ4n) is 1.31. The Labute approximate surface area is 98.8 Å². The van der Waals surface area contributed by atoms with Crippen molar-refractivity contribution in [3.8, 4) is 11.4 Å². The van der Waals surface area contributed by atoms with E-state index in [2.05, 4.69) is 25.9 Å². The molecule has 1 aromatic carbocycles. The molecule has 2 rings (SSSR count). The van der Waals surface area contributed by atoms with Gasteiger partial charge in [-0.05, 0) is 28.1 Å². The zero-order valence-electron chi connectivity index (χ0n) is 8.10. The van der Waals surface area contributed by atoms with Crippen LogP contribution in [0.3, 0.4) is 0 Å². The minimum absolute atomic E-state index is 0.0467. The third-order valence-electron chi connectivity index (χ3n) is 2.14. The van der Waals surface area contributed by atoms with Crippen molar-refractivity contribution in [3.63, 3.8) is 0 Å². The number of rotatable bonds is 2. The Hall–Kier alpha value is -1.27. The number of nitrogens with one attached hydrogen (secondary N) is 1. The second-order valence-electron chi connectivity index (χ2n) is 3.18. The van der Waals surface area contributed by atoms with E-state index in [0.717, 1.165) is 11.8 Å². The Morgan fingerprint density at radius 2 is 2.12 bits per heavy atom. The molecule has 0 aliphatic heterocycles. The Morgan fingerprint density at radius 3 is 2.75 bits per heavy atom. The number of nitrogens with zero attached hydrogens (tertiary/aromatic N) is 1. The maximum Gasteiger partial charge on any atom is 0.173 e. The van der Waals surface area contributed by atoms with Crippen molar-refractivity contribution in [3.05, 3.63) is 40.1 Å². The van der Waals surface area contributed by atoms with E-state index in [1.165, 1.54) is 6.07 Å². The van der Waals surface area contributed by atoms with E-state index in [9.17, 15) is 8.78 Å². The molecule has 3 N–H and O–H groups in total. The maximum atomic E-state index is 13.3. The first-order valence-corrected chi connectivity index (χ1v) is 5.30. The van der Waals surface area contributed by atoms with Crippen molar-refractivity contribution >= 4 is 15.9 Å². The Kier molecular flexibility index (Phi) is 3.02. The molecule has 0 bridgehead atoms. The summed E-state index contributed by atoms with van der Waals surface area (Å²) in [5, 5.41) is 0. The smallest absolute Gasteiger partial charge is 0.173 e. The van der Waals surface area contributed by atoms with Crippen LogP contribution >= 0.6 is 15.9 Å². The highest BCUT2D eigenvalue weighted by atomic mass is 79.9. The van der Waals surface area contributed by atoms with Crippen LogP contribution in [0, 0.1) is 11.6 Å². The number of H-pyrrole nitrogens is 1. The lowest BCUT2D eigenvalue weighted by Crippen LogP contribution is -1.96. The molecule has 84 valence electrons. The van der Waals surface area contributed by atoms with Crippen LogP contribution in [0.15, 0.2) is 22.8 Å². The van der Waals surface area contributed by atoms with Gasteiger partial charge in [-0.2, -0.15) is 0 Å². The molecule has 0 fully saturated rings. The lowest BCUT2D eigenvalue weighted by Gasteiger charge is -2.02. The summed E-state index contributed by atoms with van der Waals surface area (Å²) in [6, 6.07) is 2.50. The van der Waals surface area contributed by atoms with E-state index in [4.69, 9.17) is 5.73 Å².